The van der Waals surface area contributed by atoms with Crippen molar-refractivity contribution >= 4 is 17.9 Å². The lowest BCUT2D eigenvalue weighted by Crippen LogP contribution is -2.36. The van der Waals surface area contributed by atoms with E-state index in [4.69, 9.17) is 5.11 Å². The van der Waals surface area contributed by atoms with E-state index in [1.54, 1.807) is 0 Å². The Bertz CT molecular complexity index is 257. The van der Waals surface area contributed by atoms with Crippen LogP contribution in [0.5, 0.6) is 0 Å². The molecule has 0 saturated carbocycles. The summed E-state index contributed by atoms with van der Waals surface area (Å²) in [6.45, 7) is 0. The molecule has 0 radical (unpaired) electrons. The summed E-state index contributed by atoms with van der Waals surface area (Å²) in [7, 11) is 0. The smallest absolute Gasteiger partial charge is 0.346 e. The number of aliphatic hydroxyl groups is 1. The third-order valence-corrected chi connectivity index (χ3v) is 1.47. The topological polar surface area (TPSA) is 101 Å². The first-order valence-electron chi connectivity index (χ1n) is 3.13. The fourth-order valence-corrected chi connectivity index (χ4v) is 0.930. The van der Waals surface area contributed by atoms with Crippen molar-refractivity contribution in [3.8, 4) is 0 Å². The number of carbonyl (C=O) groups is 3. The number of cyclic esters (lactones) is 2. The van der Waals surface area contributed by atoms with Gasteiger partial charge in [-0.15, -0.1) is 0 Å². The van der Waals surface area contributed by atoms with Crippen LogP contribution >= 0.6 is 0 Å². The molecule has 1 fully saturated rings. The Kier molecular flexibility index (Phi) is 1.85. The molecular formula is C6H6O6. The van der Waals surface area contributed by atoms with Gasteiger partial charge in [0.2, 0.25) is 0 Å². The molecule has 12 heavy (non-hydrogen) atoms. The Morgan fingerprint density at radius 2 is 2.17 bits per heavy atom. The van der Waals surface area contributed by atoms with Gasteiger partial charge in [-0.05, 0) is 0 Å². The summed E-state index contributed by atoms with van der Waals surface area (Å²) in [6, 6.07) is 0. The molecule has 6 heteroatoms. The number of hydrogen-bond acceptors (Lipinski definition) is 5. The highest BCUT2D eigenvalue weighted by molar-refractivity contribution is 6.01. The van der Waals surface area contributed by atoms with Gasteiger partial charge < -0.3 is 14.9 Å². The summed E-state index contributed by atoms with van der Waals surface area (Å²) in [5, 5.41) is 17.5. The third-order valence-electron chi connectivity index (χ3n) is 1.47. The van der Waals surface area contributed by atoms with Gasteiger partial charge in [0.25, 0.3) is 0 Å². The normalized spacial score (nSPS) is 28.8. The summed E-state index contributed by atoms with van der Waals surface area (Å²) < 4.78 is 3.99. The summed E-state index contributed by atoms with van der Waals surface area (Å²) in [6.07, 6.45) is -1.39. The van der Waals surface area contributed by atoms with Crippen LogP contribution in [-0.2, 0) is 19.1 Å². The second kappa shape index (κ2) is 2.56. The van der Waals surface area contributed by atoms with E-state index in [-0.39, 0.29) is 0 Å². The Hall–Kier alpha value is -1.43. The molecule has 1 unspecified atom stereocenters. The van der Waals surface area contributed by atoms with Crippen molar-refractivity contribution < 1.29 is 29.3 Å². The molecule has 6 nitrogen and oxygen atoms in total. The summed E-state index contributed by atoms with van der Waals surface area (Å²) in [5.41, 5.74) is -2.16. The molecule has 1 heterocycles. The number of rotatable bonds is 2. The quantitative estimate of drug-likeness (QED) is 0.397. The largest absolute Gasteiger partial charge is 0.481 e. The minimum Gasteiger partial charge on any atom is -0.481 e. The zero-order valence-corrected chi connectivity index (χ0v) is 5.94. The Morgan fingerprint density at radius 3 is 2.50 bits per heavy atom. The maximum absolute atomic E-state index is 10.7. The minimum atomic E-state index is -2.16. The molecule has 1 aliphatic rings. The molecule has 1 aliphatic heterocycles. The lowest BCUT2D eigenvalue weighted by Gasteiger charge is -2.12. The Morgan fingerprint density at radius 1 is 1.58 bits per heavy atom. The SMILES string of the molecule is O=C(O)CC1(O)CC(=O)OC1=O. The van der Waals surface area contributed by atoms with Crippen molar-refractivity contribution in [2.45, 2.75) is 18.4 Å². The maximum atomic E-state index is 10.7. The van der Waals surface area contributed by atoms with E-state index in [0.717, 1.165) is 0 Å². The molecule has 0 spiro atoms. The van der Waals surface area contributed by atoms with Gasteiger partial charge in [0, 0.05) is 0 Å². The van der Waals surface area contributed by atoms with Crippen molar-refractivity contribution in [3.05, 3.63) is 0 Å². The number of ether oxygens (including phenoxy) is 1. The van der Waals surface area contributed by atoms with Crippen molar-refractivity contribution in [3.63, 3.8) is 0 Å². The number of carbonyl (C=O) groups excluding carboxylic acids is 2. The van der Waals surface area contributed by atoms with Gasteiger partial charge in [0.15, 0.2) is 5.60 Å². The third kappa shape index (κ3) is 1.42. The zero-order chi connectivity index (χ0) is 9.35. The highest BCUT2D eigenvalue weighted by atomic mass is 16.6. The molecule has 0 aliphatic carbocycles. The summed E-state index contributed by atoms with van der Waals surface area (Å²) >= 11 is 0. The van der Waals surface area contributed by atoms with Crippen LogP contribution < -0.4 is 0 Å². The fourth-order valence-electron chi connectivity index (χ4n) is 0.930. The Labute approximate surface area is 66.7 Å². The van der Waals surface area contributed by atoms with Crippen LogP contribution in [0.2, 0.25) is 0 Å². The number of hydrogen-bond donors (Lipinski definition) is 2. The number of carboxylic acid groups (broad SMARTS) is 1. The van der Waals surface area contributed by atoms with Crippen molar-refractivity contribution in [1.82, 2.24) is 0 Å². The molecule has 1 atom stereocenters. The van der Waals surface area contributed by atoms with E-state index in [9.17, 15) is 19.5 Å². The van der Waals surface area contributed by atoms with Crippen molar-refractivity contribution in [2.24, 2.45) is 0 Å². The van der Waals surface area contributed by atoms with Crippen molar-refractivity contribution in [2.75, 3.05) is 0 Å². The monoisotopic (exact) mass is 174 g/mol. The predicted octanol–water partition coefficient (Wildman–Crippen LogP) is -1.33. The second-order valence-electron chi connectivity index (χ2n) is 2.54. The molecule has 66 valence electrons. The van der Waals surface area contributed by atoms with E-state index >= 15 is 0 Å². The van der Waals surface area contributed by atoms with Crippen LogP contribution in [0.4, 0.5) is 0 Å². The number of carboxylic acids is 1. The van der Waals surface area contributed by atoms with Gasteiger partial charge in [-0.1, -0.05) is 0 Å². The molecule has 0 bridgehead atoms. The molecular weight excluding hydrogens is 168 g/mol. The molecule has 2 N–H and O–H groups in total. The highest BCUT2D eigenvalue weighted by Gasteiger charge is 2.49. The molecule has 0 aromatic carbocycles. The summed E-state index contributed by atoms with van der Waals surface area (Å²) in [4.78, 5) is 31.3. The van der Waals surface area contributed by atoms with Gasteiger partial charge in [0.1, 0.15) is 0 Å². The first kappa shape index (κ1) is 8.66. The summed E-state index contributed by atoms with van der Waals surface area (Å²) in [5.74, 6) is -3.44. The molecule has 1 rings (SSSR count). The zero-order valence-electron chi connectivity index (χ0n) is 5.94. The van der Waals surface area contributed by atoms with Crippen molar-refractivity contribution in [1.29, 1.82) is 0 Å². The van der Waals surface area contributed by atoms with Gasteiger partial charge >= 0.3 is 17.9 Å². The minimum absolute atomic E-state index is 0.585. The first-order valence-corrected chi connectivity index (χ1v) is 3.13. The standard InChI is InChI=1S/C6H6O6/c7-3(8)1-6(11)2-4(9)12-5(6)10/h11H,1-2H2,(H,7,8). The Balaban J connectivity index is 2.77. The average Bonchev–Trinajstić information content (AvgIpc) is 2.04. The van der Waals surface area contributed by atoms with Gasteiger partial charge in [-0.2, -0.15) is 0 Å². The first-order chi connectivity index (χ1) is 5.44. The van der Waals surface area contributed by atoms with E-state index in [1.165, 1.54) is 0 Å². The van der Waals surface area contributed by atoms with Crippen LogP contribution in [0.25, 0.3) is 0 Å². The lowest BCUT2D eigenvalue weighted by atomic mass is 9.98. The van der Waals surface area contributed by atoms with E-state index in [0.29, 0.717) is 0 Å². The molecule has 0 amide bonds. The van der Waals surface area contributed by atoms with E-state index in [2.05, 4.69) is 4.74 Å². The molecule has 0 aromatic heterocycles. The fraction of sp³-hybridized carbons (Fsp3) is 0.500. The van der Waals surface area contributed by atoms with E-state index in [1.807, 2.05) is 0 Å². The van der Waals surface area contributed by atoms with Crippen LogP contribution in [0.15, 0.2) is 0 Å². The number of esters is 2. The van der Waals surface area contributed by atoms with E-state index < -0.39 is 36.4 Å². The van der Waals surface area contributed by atoms with Gasteiger partial charge in [-0.25, -0.2) is 4.79 Å². The molecule has 1 saturated heterocycles. The number of aliphatic carboxylic acids is 1. The lowest BCUT2D eigenvalue weighted by molar-refractivity contribution is -0.162. The van der Waals surface area contributed by atoms with Crippen LogP contribution in [0, 0.1) is 0 Å². The van der Waals surface area contributed by atoms with Crippen LogP contribution in [0.1, 0.15) is 12.8 Å². The molecule has 0 aromatic rings. The van der Waals surface area contributed by atoms with Gasteiger partial charge in [-0.3, -0.25) is 9.59 Å². The highest BCUT2D eigenvalue weighted by Crippen LogP contribution is 2.24. The van der Waals surface area contributed by atoms with Crippen LogP contribution in [0.3, 0.4) is 0 Å². The predicted molar refractivity (Wildman–Crippen MR) is 32.9 cm³/mol. The second-order valence-corrected chi connectivity index (χ2v) is 2.54. The van der Waals surface area contributed by atoms with Gasteiger partial charge in [0.05, 0.1) is 12.8 Å². The average molecular weight is 174 g/mol. The van der Waals surface area contributed by atoms with Crippen LogP contribution in [-0.4, -0.2) is 33.7 Å². The maximum Gasteiger partial charge on any atom is 0.346 e.